The van der Waals surface area contributed by atoms with Gasteiger partial charge in [0.25, 0.3) is 0 Å². The third-order valence-electron chi connectivity index (χ3n) is 5.54. The highest BCUT2D eigenvalue weighted by molar-refractivity contribution is 5.89. The molecule has 1 saturated heterocycles. The second-order valence-corrected chi connectivity index (χ2v) is 7.51. The van der Waals surface area contributed by atoms with Gasteiger partial charge in [-0.15, -0.1) is 12.4 Å². The van der Waals surface area contributed by atoms with E-state index in [1.54, 1.807) is 0 Å². The molecule has 1 atom stereocenters. The van der Waals surface area contributed by atoms with Crippen LogP contribution >= 0.6 is 12.4 Å². The smallest absolute Gasteiger partial charge is 0.242 e. The van der Waals surface area contributed by atoms with Crippen LogP contribution in [0.15, 0.2) is 60.7 Å². The van der Waals surface area contributed by atoms with Gasteiger partial charge >= 0.3 is 0 Å². The Balaban J connectivity index is 0.00000210. The van der Waals surface area contributed by atoms with Crippen LogP contribution in [0.5, 0.6) is 0 Å². The molecule has 4 nitrogen and oxygen atoms in total. The standard InChI is InChI=1S/C22H26N2O2.ClH/c23-22(11-12-22)21(25)24-13-14-26-19(16-24)15-20(17-7-3-1-4-8-17)18-9-5-2-6-10-18;/h1-10,19-20H,11-16,23H2;1H. The van der Waals surface area contributed by atoms with Crippen LogP contribution in [0.3, 0.4) is 0 Å². The minimum absolute atomic E-state index is 0. The van der Waals surface area contributed by atoms with E-state index in [2.05, 4.69) is 48.5 Å². The predicted molar refractivity (Wildman–Crippen MR) is 109 cm³/mol. The molecule has 1 aliphatic carbocycles. The van der Waals surface area contributed by atoms with Crippen molar-refractivity contribution in [2.75, 3.05) is 19.7 Å². The Bertz CT molecular complexity index is 710. The van der Waals surface area contributed by atoms with E-state index >= 15 is 0 Å². The third-order valence-corrected chi connectivity index (χ3v) is 5.54. The highest BCUT2D eigenvalue weighted by Crippen LogP contribution is 2.35. The summed E-state index contributed by atoms with van der Waals surface area (Å²) in [6.07, 6.45) is 2.50. The summed E-state index contributed by atoms with van der Waals surface area (Å²) in [6.45, 7) is 1.87. The molecule has 2 fully saturated rings. The Kier molecular flexibility index (Phi) is 6.20. The molecule has 1 unspecified atom stereocenters. The topological polar surface area (TPSA) is 55.6 Å². The van der Waals surface area contributed by atoms with Gasteiger partial charge in [0.05, 0.1) is 18.2 Å². The molecule has 2 aliphatic rings. The highest BCUT2D eigenvalue weighted by Gasteiger charge is 2.48. The normalized spacial score (nSPS) is 20.8. The number of halogens is 1. The fourth-order valence-corrected chi connectivity index (χ4v) is 3.81. The zero-order chi connectivity index (χ0) is 18.0. The number of ether oxygens (including phenoxy) is 1. The van der Waals surface area contributed by atoms with Gasteiger partial charge in [-0.25, -0.2) is 0 Å². The van der Waals surface area contributed by atoms with E-state index in [-0.39, 0.29) is 30.3 Å². The molecule has 0 bridgehead atoms. The third kappa shape index (κ3) is 4.52. The van der Waals surface area contributed by atoms with E-state index in [4.69, 9.17) is 10.5 Å². The van der Waals surface area contributed by atoms with Crippen LogP contribution in [0.1, 0.15) is 36.3 Å². The fourth-order valence-electron chi connectivity index (χ4n) is 3.81. The predicted octanol–water partition coefficient (Wildman–Crippen LogP) is 3.35. The summed E-state index contributed by atoms with van der Waals surface area (Å²) in [5.41, 5.74) is 8.08. The summed E-state index contributed by atoms with van der Waals surface area (Å²) in [4.78, 5) is 14.5. The van der Waals surface area contributed by atoms with Gasteiger partial charge in [0.15, 0.2) is 0 Å². The average Bonchev–Trinajstić information content (AvgIpc) is 3.46. The Morgan fingerprint density at radius 2 is 1.63 bits per heavy atom. The van der Waals surface area contributed by atoms with E-state index in [0.29, 0.717) is 19.7 Å². The van der Waals surface area contributed by atoms with Gasteiger partial charge < -0.3 is 15.4 Å². The molecular weight excluding hydrogens is 360 g/mol. The molecule has 144 valence electrons. The van der Waals surface area contributed by atoms with E-state index in [9.17, 15) is 4.79 Å². The molecule has 5 heteroatoms. The maximum absolute atomic E-state index is 12.6. The number of morpholine rings is 1. The Morgan fingerprint density at radius 1 is 1.07 bits per heavy atom. The first-order valence-electron chi connectivity index (χ1n) is 9.45. The molecule has 1 amide bonds. The van der Waals surface area contributed by atoms with Crippen molar-refractivity contribution in [2.45, 2.75) is 36.8 Å². The van der Waals surface area contributed by atoms with Crippen LogP contribution in [-0.2, 0) is 9.53 Å². The van der Waals surface area contributed by atoms with Crippen molar-refractivity contribution in [2.24, 2.45) is 5.73 Å². The number of carbonyl (C=O) groups excluding carboxylic acids is 1. The molecular formula is C22H27ClN2O2. The number of benzene rings is 2. The lowest BCUT2D eigenvalue weighted by Gasteiger charge is -2.36. The number of carbonyl (C=O) groups is 1. The number of nitrogens with zero attached hydrogens (tertiary/aromatic N) is 1. The molecule has 27 heavy (non-hydrogen) atoms. The number of hydrogen-bond acceptors (Lipinski definition) is 3. The number of nitrogens with two attached hydrogens (primary N) is 1. The minimum Gasteiger partial charge on any atom is -0.375 e. The highest BCUT2D eigenvalue weighted by atomic mass is 35.5. The van der Waals surface area contributed by atoms with Gasteiger partial charge in [-0.05, 0) is 30.4 Å². The summed E-state index contributed by atoms with van der Waals surface area (Å²) in [5, 5.41) is 0. The summed E-state index contributed by atoms with van der Waals surface area (Å²) in [6, 6.07) is 21.1. The largest absolute Gasteiger partial charge is 0.375 e. The van der Waals surface area contributed by atoms with Crippen molar-refractivity contribution in [3.05, 3.63) is 71.8 Å². The van der Waals surface area contributed by atoms with Crippen LogP contribution in [0, 0.1) is 0 Å². The molecule has 0 spiro atoms. The monoisotopic (exact) mass is 386 g/mol. The van der Waals surface area contributed by atoms with Crippen molar-refractivity contribution in [3.8, 4) is 0 Å². The number of rotatable bonds is 5. The minimum atomic E-state index is -0.597. The van der Waals surface area contributed by atoms with E-state index in [1.165, 1.54) is 11.1 Å². The Morgan fingerprint density at radius 3 is 2.15 bits per heavy atom. The van der Waals surface area contributed by atoms with E-state index < -0.39 is 5.54 Å². The van der Waals surface area contributed by atoms with E-state index in [1.807, 2.05) is 17.0 Å². The fraction of sp³-hybridized carbons (Fsp3) is 0.409. The van der Waals surface area contributed by atoms with Crippen molar-refractivity contribution < 1.29 is 9.53 Å². The average molecular weight is 387 g/mol. The van der Waals surface area contributed by atoms with Gasteiger partial charge in [-0.1, -0.05) is 60.7 Å². The molecule has 1 saturated carbocycles. The van der Waals surface area contributed by atoms with Gasteiger partial charge in [0, 0.05) is 19.0 Å². The van der Waals surface area contributed by atoms with Gasteiger partial charge in [-0.2, -0.15) is 0 Å². The number of amides is 1. The van der Waals surface area contributed by atoms with Crippen molar-refractivity contribution in [3.63, 3.8) is 0 Å². The molecule has 2 aromatic rings. The molecule has 1 aliphatic heterocycles. The lowest BCUT2D eigenvalue weighted by Crippen LogP contribution is -2.52. The molecule has 1 heterocycles. The van der Waals surface area contributed by atoms with Gasteiger partial charge in [-0.3, -0.25) is 4.79 Å². The van der Waals surface area contributed by atoms with Crippen LogP contribution in [0.2, 0.25) is 0 Å². The molecule has 2 aromatic carbocycles. The quantitative estimate of drug-likeness (QED) is 0.857. The molecule has 2 N–H and O–H groups in total. The van der Waals surface area contributed by atoms with Gasteiger partial charge in [0.2, 0.25) is 5.91 Å². The van der Waals surface area contributed by atoms with Crippen LogP contribution in [-0.4, -0.2) is 42.1 Å². The first-order chi connectivity index (χ1) is 12.7. The Labute approximate surface area is 167 Å². The summed E-state index contributed by atoms with van der Waals surface area (Å²) >= 11 is 0. The lowest BCUT2D eigenvalue weighted by molar-refractivity contribution is -0.141. The van der Waals surface area contributed by atoms with Gasteiger partial charge in [0.1, 0.15) is 0 Å². The van der Waals surface area contributed by atoms with Crippen LogP contribution in [0.25, 0.3) is 0 Å². The summed E-state index contributed by atoms with van der Waals surface area (Å²) < 4.78 is 6.03. The lowest BCUT2D eigenvalue weighted by atomic mass is 9.86. The molecule has 0 aromatic heterocycles. The SMILES string of the molecule is Cl.NC1(C(=O)N2CCOC(CC(c3ccccc3)c3ccccc3)C2)CC1. The Hall–Kier alpha value is -1.88. The second kappa shape index (κ2) is 8.42. The van der Waals surface area contributed by atoms with Crippen LogP contribution < -0.4 is 5.73 Å². The molecule has 0 radical (unpaired) electrons. The van der Waals surface area contributed by atoms with Crippen molar-refractivity contribution in [1.29, 1.82) is 0 Å². The summed E-state index contributed by atoms with van der Waals surface area (Å²) in [5.74, 6) is 0.354. The van der Waals surface area contributed by atoms with Crippen LogP contribution in [0.4, 0.5) is 0 Å². The summed E-state index contributed by atoms with van der Waals surface area (Å²) in [7, 11) is 0. The zero-order valence-corrected chi connectivity index (χ0v) is 16.2. The maximum Gasteiger partial charge on any atom is 0.242 e. The van der Waals surface area contributed by atoms with E-state index in [0.717, 1.165) is 19.3 Å². The maximum atomic E-state index is 12.6. The first-order valence-corrected chi connectivity index (χ1v) is 9.45. The second-order valence-electron chi connectivity index (χ2n) is 7.51. The van der Waals surface area contributed by atoms with Crippen molar-refractivity contribution in [1.82, 2.24) is 4.90 Å². The van der Waals surface area contributed by atoms with Crippen molar-refractivity contribution >= 4 is 18.3 Å². The number of hydrogen-bond donors (Lipinski definition) is 1. The molecule has 4 rings (SSSR count). The zero-order valence-electron chi connectivity index (χ0n) is 15.4. The first kappa shape index (κ1) is 19.9.